The predicted molar refractivity (Wildman–Crippen MR) is 73.5 cm³/mol. The second-order valence-corrected chi connectivity index (χ2v) is 4.53. The second kappa shape index (κ2) is 6.38. The van der Waals surface area contributed by atoms with Gasteiger partial charge in [0.2, 0.25) is 0 Å². The van der Waals surface area contributed by atoms with E-state index in [0.29, 0.717) is 24.4 Å². The van der Waals surface area contributed by atoms with Gasteiger partial charge in [-0.05, 0) is 24.6 Å². The van der Waals surface area contributed by atoms with E-state index in [0.717, 1.165) is 18.2 Å². The van der Waals surface area contributed by atoms with Gasteiger partial charge in [-0.15, -0.1) is 0 Å². The molecule has 2 rings (SSSR count). The molecular weight excluding hydrogens is 244 g/mol. The van der Waals surface area contributed by atoms with Crippen LogP contribution in [0.4, 0.5) is 0 Å². The monoisotopic (exact) mass is 262 g/mol. The maximum Gasteiger partial charge on any atom is 0.336 e. The Hall–Kier alpha value is -1.81. The van der Waals surface area contributed by atoms with E-state index in [9.17, 15) is 9.90 Å². The van der Waals surface area contributed by atoms with Crippen molar-refractivity contribution in [2.75, 3.05) is 6.61 Å². The minimum absolute atomic E-state index is 0.316. The van der Waals surface area contributed by atoms with E-state index in [-0.39, 0.29) is 11.7 Å². The number of rotatable bonds is 6. The van der Waals surface area contributed by atoms with E-state index in [1.54, 1.807) is 12.1 Å². The Labute approximate surface area is 111 Å². The van der Waals surface area contributed by atoms with Gasteiger partial charge in [0.1, 0.15) is 11.3 Å². The lowest BCUT2D eigenvalue weighted by Gasteiger charge is -2.10. The maximum atomic E-state index is 11.1. The molecule has 1 aromatic heterocycles. The van der Waals surface area contributed by atoms with Gasteiger partial charge < -0.3 is 14.3 Å². The minimum atomic E-state index is -0.372. The van der Waals surface area contributed by atoms with Crippen LogP contribution in [0.2, 0.25) is 0 Å². The van der Waals surface area contributed by atoms with Gasteiger partial charge in [-0.3, -0.25) is 0 Å². The van der Waals surface area contributed by atoms with Gasteiger partial charge >= 0.3 is 5.63 Å². The van der Waals surface area contributed by atoms with Crippen molar-refractivity contribution in [1.29, 1.82) is 0 Å². The van der Waals surface area contributed by atoms with Gasteiger partial charge in [0.05, 0.1) is 12.7 Å². The summed E-state index contributed by atoms with van der Waals surface area (Å²) in [5, 5.41) is 10.5. The first-order valence-electron chi connectivity index (χ1n) is 6.54. The summed E-state index contributed by atoms with van der Waals surface area (Å²) in [6, 6.07) is 8.48. The molecule has 2 aromatic rings. The second-order valence-electron chi connectivity index (χ2n) is 4.53. The Morgan fingerprint density at radius 3 is 2.84 bits per heavy atom. The smallest absolute Gasteiger partial charge is 0.336 e. The van der Waals surface area contributed by atoms with E-state index in [1.807, 2.05) is 19.1 Å². The Morgan fingerprint density at radius 1 is 1.26 bits per heavy atom. The molecule has 4 heteroatoms. The summed E-state index contributed by atoms with van der Waals surface area (Å²) in [4.78, 5) is 11.1. The Kier molecular flexibility index (Phi) is 4.58. The molecule has 102 valence electrons. The van der Waals surface area contributed by atoms with Crippen LogP contribution in [-0.2, 0) is 0 Å². The van der Waals surface area contributed by atoms with Crippen molar-refractivity contribution >= 4 is 11.0 Å². The third kappa shape index (κ3) is 3.83. The molecule has 0 bridgehead atoms. The Bertz CT molecular complexity index is 588. The van der Waals surface area contributed by atoms with E-state index < -0.39 is 0 Å². The first-order chi connectivity index (χ1) is 9.19. The molecule has 1 unspecified atom stereocenters. The molecule has 19 heavy (non-hydrogen) atoms. The fraction of sp³-hybridized carbons (Fsp3) is 0.400. The molecule has 1 N–H and O–H groups in total. The summed E-state index contributed by atoms with van der Waals surface area (Å²) >= 11 is 0. The van der Waals surface area contributed by atoms with Gasteiger partial charge in [-0.25, -0.2) is 4.79 Å². The third-order valence-corrected chi connectivity index (χ3v) is 2.94. The zero-order valence-electron chi connectivity index (χ0n) is 11.0. The predicted octanol–water partition coefficient (Wildman–Crippen LogP) is 2.72. The quantitative estimate of drug-likeness (QED) is 0.813. The molecule has 1 atom stereocenters. The molecule has 0 aliphatic carbocycles. The van der Waals surface area contributed by atoms with E-state index >= 15 is 0 Å². The number of benzene rings is 1. The number of aliphatic hydroxyl groups is 1. The molecule has 0 radical (unpaired) electrons. The average molecular weight is 262 g/mol. The molecule has 0 spiro atoms. The lowest BCUT2D eigenvalue weighted by atomic mass is 10.1. The molecule has 4 nitrogen and oxygen atoms in total. The van der Waals surface area contributed by atoms with E-state index in [1.165, 1.54) is 6.07 Å². The molecule has 0 fully saturated rings. The third-order valence-electron chi connectivity index (χ3n) is 2.94. The maximum absolute atomic E-state index is 11.1. The average Bonchev–Trinajstić information content (AvgIpc) is 2.38. The molecule has 0 aliphatic rings. The van der Waals surface area contributed by atoms with Crippen LogP contribution in [0.5, 0.6) is 5.75 Å². The van der Waals surface area contributed by atoms with Gasteiger partial charge in [0.15, 0.2) is 0 Å². The van der Waals surface area contributed by atoms with Crippen LogP contribution in [0.25, 0.3) is 11.0 Å². The zero-order valence-corrected chi connectivity index (χ0v) is 11.0. The molecular formula is C15H18O4. The summed E-state index contributed by atoms with van der Waals surface area (Å²) < 4.78 is 10.6. The van der Waals surface area contributed by atoms with E-state index in [2.05, 4.69) is 0 Å². The Morgan fingerprint density at radius 2 is 2.05 bits per heavy atom. The largest absolute Gasteiger partial charge is 0.493 e. The minimum Gasteiger partial charge on any atom is -0.493 e. The molecule has 1 aromatic carbocycles. The zero-order chi connectivity index (χ0) is 13.7. The fourth-order valence-corrected chi connectivity index (χ4v) is 1.92. The fourth-order valence-electron chi connectivity index (χ4n) is 1.92. The van der Waals surface area contributed by atoms with Crippen LogP contribution in [0.3, 0.4) is 0 Å². The van der Waals surface area contributed by atoms with Gasteiger partial charge in [0.25, 0.3) is 0 Å². The lowest BCUT2D eigenvalue weighted by molar-refractivity contribution is 0.130. The van der Waals surface area contributed by atoms with E-state index in [4.69, 9.17) is 9.15 Å². The van der Waals surface area contributed by atoms with Crippen LogP contribution in [0.1, 0.15) is 26.2 Å². The summed E-state index contributed by atoms with van der Waals surface area (Å²) in [6.45, 7) is 2.49. The topological polar surface area (TPSA) is 59.7 Å². The first kappa shape index (κ1) is 13.6. The molecule has 1 heterocycles. The van der Waals surface area contributed by atoms with Crippen LogP contribution < -0.4 is 10.4 Å². The lowest BCUT2D eigenvalue weighted by Crippen LogP contribution is -2.11. The van der Waals surface area contributed by atoms with Crippen LogP contribution >= 0.6 is 0 Å². The van der Waals surface area contributed by atoms with Crippen molar-refractivity contribution in [3.63, 3.8) is 0 Å². The Balaban J connectivity index is 1.99. The van der Waals surface area contributed by atoms with Crippen molar-refractivity contribution < 1.29 is 14.3 Å². The highest BCUT2D eigenvalue weighted by Crippen LogP contribution is 2.19. The molecule has 0 aliphatic heterocycles. The van der Waals surface area contributed by atoms with Gasteiger partial charge in [0, 0.05) is 23.9 Å². The summed E-state index contributed by atoms with van der Waals surface area (Å²) in [5.74, 6) is 0.644. The van der Waals surface area contributed by atoms with Crippen LogP contribution in [0, 0.1) is 0 Å². The van der Waals surface area contributed by atoms with Crippen molar-refractivity contribution in [3.05, 3.63) is 40.8 Å². The number of hydrogen-bond acceptors (Lipinski definition) is 4. The SMILES string of the molecule is CCCC(O)CCOc1ccc2ccc(=O)oc2c1. The highest BCUT2D eigenvalue weighted by atomic mass is 16.5. The van der Waals surface area contributed by atoms with Gasteiger partial charge in [-0.1, -0.05) is 13.3 Å². The van der Waals surface area contributed by atoms with Gasteiger partial charge in [-0.2, -0.15) is 0 Å². The summed E-state index contributed by atoms with van der Waals surface area (Å²) in [6.07, 6.45) is 2.03. The van der Waals surface area contributed by atoms with Crippen molar-refractivity contribution in [3.8, 4) is 5.75 Å². The number of fused-ring (bicyclic) bond motifs is 1. The molecule has 0 saturated carbocycles. The normalized spacial score (nSPS) is 12.5. The summed E-state index contributed by atoms with van der Waals surface area (Å²) in [7, 11) is 0. The van der Waals surface area contributed by atoms with Crippen LogP contribution in [0.15, 0.2) is 39.5 Å². The highest BCUT2D eigenvalue weighted by Gasteiger charge is 2.04. The molecule has 0 amide bonds. The van der Waals surface area contributed by atoms with Crippen molar-refractivity contribution in [2.45, 2.75) is 32.3 Å². The standard InChI is InChI=1S/C15H18O4/c1-2-3-12(16)8-9-18-13-6-4-11-5-7-15(17)19-14(11)10-13/h4-7,10,12,16H,2-3,8-9H2,1H3. The van der Waals surface area contributed by atoms with Crippen molar-refractivity contribution in [1.82, 2.24) is 0 Å². The van der Waals surface area contributed by atoms with Crippen molar-refractivity contribution in [2.24, 2.45) is 0 Å². The first-order valence-corrected chi connectivity index (χ1v) is 6.54. The number of aliphatic hydroxyl groups excluding tert-OH is 1. The molecule has 0 saturated heterocycles. The number of ether oxygens (including phenoxy) is 1. The van der Waals surface area contributed by atoms with Crippen LogP contribution in [-0.4, -0.2) is 17.8 Å². The highest BCUT2D eigenvalue weighted by molar-refractivity contribution is 5.77. The number of hydrogen-bond donors (Lipinski definition) is 1. The summed E-state index contributed by atoms with van der Waals surface area (Å²) in [5.41, 5.74) is 0.141.